The summed E-state index contributed by atoms with van der Waals surface area (Å²) < 4.78 is 36.3. The van der Waals surface area contributed by atoms with Crippen LogP contribution in [-0.4, -0.2) is 55.2 Å². The van der Waals surface area contributed by atoms with Crippen molar-refractivity contribution in [3.8, 4) is 0 Å². The average molecular weight is 349 g/mol. The summed E-state index contributed by atoms with van der Waals surface area (Å²) in [5.41, 5.74) is 0.822. The number of amides is 2. The Kier molecular flexibility index (Phi) is 7.85. The molecule has 0 unspecified atom stereocenters. The van der Waals surface area contributed by atoms with Gasteiger partial charge in [0, 0.05) is 25.5 Å². The summed E-state index contributed by atoms with van der Waals surface area (Å²) >= 11 is 0. The molecule has 1 aromatic rings. The van der Waals surface area contributed by atoms with Crippen molar-refractivity contribution < 1.29 is 56.9 Å². The van der Waals surface area contributed by atoms with E-state index in [-0.39, 0.29) is 67.6 Å². The maximum absolute atomic E-state index is 12.0. The molecule has 9 heteroatoms. The predicted octanol–water partition coefficient (Wildman–Crippen LogP) is -2.37. The molecule has 1 aromatic carbocycles. The van der Waals surface area contributed by atoms with Crippen LogP contribution in [0.3, 0.4) is 0 Å². The molecule has 1 heterocycles. The molecule has 0 bridgehead atoms. The zero-order valence-corrected chi connectivity index (χ0v) is 15.7. The van der Waals surface area contributed by atoms with Gasteiger partial charge in [-0.1, -0.05) is 12.1 Å². The Hall–Kier alpha value is -0.770. The normalized spacial score (nSPS) is 13.9. The van der Waals surface area contributed by atoms with E-state index in [1.807, 2.05) is 0 Å². The van der Waals surface area contributed by atoms with E-state index in [4.69, 9.17) is 4.74 Å². The molecule has 0 spiro atoms. The summed E-state index contributed by atoms with van der Waals surface area (Å²) in [6.45, 7) is 0.683. The number of hydrogen-bond donors (Lipinski definition) is 0. The van der Waals surface area contributed by atoms with Crippen molar-refractivity contribution in [1.29, 1.82) is 0 Å². The number of imide groups is 1. The van der Waals surface area contributed by atoms with Gasteiger partial charge in [0.05, 0.1) is 21.2 Å². The van der Waals surface area contributed by atoms with E-state index >= 15 is 0 Å². The Balaban J connectivity index is 0.00000264. The number of carbonyl (C=O) groups excluding carboxylic acids is 2. The largest absolute Gasteiger partial charge is 1.00 e. The molecular weight excluding hydrogens is 333 g/mol. The fourth-order valence-electron chi connectivity index (χ4n) is 2.21. The second kappa shape index (κ2) is 8.91. The summed E-state index contributed by atoms with van der Waals surface area (Å²) in [5.74, 6) is -1.07. The molecule has 0 fully saturated rings. The van der Waals surface area contributed by atoms with Gasteiger partial charge in [-0.2, -0.15) is 0 Å². The van der Waals surface area contributed by atoms with E-state index < -0.39 is 15.9 Å². The molecule has 7 nitrogen and oxygen atoms in total. The third-order valence-electron chi connectivity index (χ3n) is 3.23. The molecule has 0 saturated heterocycles. The standard InChI is InChI=1S/C14H17NO6S.Na/c16-13-11-5-1-2-6-12(11)14(17)15(13)7-3-8-21-9-4-10-22(18,19)20;/h1-2,5-6H,3-4,7-10H2,(H,18,19,20);/q;+1/p-1. The van der Waals surface area contributed by atoms with Gasteiger partial charge >= 0.3 is 29.6 Å². The molecule has 0 saturated carbocycles. The smallest absolute Gasteiger partial charge is 0.748 e. The van der Waals surface area contributed by atoms with Crippen LogP contribution in [0, 0.1) is 0 Å². The van der Waals surface area contributed by atoms with Crippen molar-refractivity contribution in [3.63, 3.8) is 0 Å². The summed E-state index contributed by atoms with van der Waals surface area (Å²) in [6, 6.07) is 6.66. The van der Waals surface area contributed by atoms with E-state index in [1.165, 1.54) is 4.90 Å². The van der Waals surface area contributed by atoms with Crippen molar-refractivity contribution in [2.75, 3.05) is 25.5 Å². The van der Waals surface area contributed by atoms with Crippen LogP contribution >= 0.6 is 0 Å². The van der Waals surface area contributed by atoms with Gasteiger partial charge in [0.25, 0.3) is 11.8 Å². The molecule has 0 N–H and O–H groups in total. The second-order valence-corrected chi connectivity index (χ2v) is 6.41. The van der Waals surface area contributed by atoms with Crippen LogP contribution < -0.4 is 29.6 Å². The first-order valence-electron chi connectivity index (χ1n) is 6.87. The molecule has 0 aliphatic carbocycles. The SMILES string of the molecule is O=C1c2ccccc2C(=O)N1CCCOCCCS(=O)(=O)[O-].[Na+]. The van der Waals surface area contributed by atoms with Crippen molar-refractivity contribution in [2.45, 2.75) is 12.8 Å². The number of hydrogen-bond acceptors (Lipinski definition) is 6. The van der Waals surface area contributed by atoms with Gasteiger partial charge in [-0.05, 0) is 25.0 Å². The van der Waals surface area contributed by atoms with Gasteiger partial charge in [-0.15, -0.1) is 0 Å². The quantitative estimate of drug-likeness (QED) is 0.225. The topological polar surface area (TPSA) is 104 Å². The Bertz CT molecular complexity index is 641. The predicted molar refractivity (Wildman–Crippen MR) is 76.4 cm³/mol. The van der Waals surface area contributed by atoms with Gasteiger partial charge in [0.2, 0.25) is 0 Å². The van der Waals surface area contributed by atoms with E-state index in [2.05, 4.69) is 0 Å². The summed E-state index contributed by atoms with van der Waals surface area (Å²) in [7, 11) is -4.20. The van der Waals surface area contributed by atoms with Gasteiger partial charge in [-0.25, -0.2) is 8.42 Å². The fourth-order valence-corrected chi connectivity index (χ4v) is 2.68. The Morgan fingerprint density at radius 1 is 1.00 bits per heavy atom. The first-order valence-corrected chi connectivity index (χ1v) is 8.44. The molecule has 0 radical (unpaired) electrons. The summed E-state index contributed by atoms with van der Waals surface area (Å²) in [4.78, 5) is 25.3. The van der Waals surface area contributed by atoms with Crippen LogP contribution in [0.5, 0.6) is 0 Å². The molecule has 2 amide bonds. The van der Waals surface area contributed by atoms with Crippen LogP contribution in [0.25, 0.3) is 0 Å². The molecular formula is C14H16NNaO6S. The molecule has 1 aliphatic rings. The van der Waals surface area contributed by atoms with Gasteiger partial charge < -0.3 is 9.29 Å². The average Bonchev–Trinajstić information content (AvgIpc) is 2.70. The third kappa shape index (κ3) is 5.66. The number of rotatable bonds is 8. The van der Waals surface area contributed by atoms with Gasteiger partial charge in [0.15, 0.2) is 0 Å². The number of benzene rings is 1. The van der Waals surface area contributed by atoms with Crippen molar-refractivity contribution in [3.05, 3.63) is 35.4 Å². The number of carbonyl (C=O) groups is 2. The summed E-state index contributed by atoms with van der Waals surface area (Å²) in [6.07, 6.45) is 0.592. The Labute approximate surface area is 157 Å². The molecule has 0 aromatic heterocycles. The minimum atomic E-state index is -4.20. The zero-order valence-electron chi connectivity index (χ0n) is 12.9. The number of fused-ring (bicyclic) bond motifs is 1. The Morgan fingerprint density at radius 3 is 2.04 bits per heavy atom. The monoisotopic (exact) mass is 349 g/mol. The van der Waals surface area contributed by atoms with Crippen LogP contribution in [0.2, 0.25) is 0 Å². The van der Waals surface area contributed by atoms with Crippen molar-refractivity contribution in [2.24, 2.45) is 0 Å². The Morgan fingerprint density at radius 2 is 1.52 bits per heavy atom. The van der Waals surface area contributed by atoms with E-state index in [0.29, 0.717) is 17.5 Å². The van der Waals surface area contributed by atoms with Crippen molar-refractivity contribution >= 4 is 21.9 Å². The molecule has 2 rings (SSSR count). The third-order valence-corrected chi connectivity index (χ3v) is 4.02. The summed E-state index contributed by atoms with van der Waals surface area (Å²) in [5, 5.41) is 0. The minimum absolute atomic E-state index is 0. The van der Waals surface area contributed by atoms with Crippen LogP contribution in [-0.2, 0) is 14.9 Å². The molecule has 1 aliphatic heterocycles. The number of ether oxygens (including phenoxy) is 1. The van der Waals surface area contributed by atoms with Gasteiger partial charge in [0.1, 0.15) is 0 Å². The van der Waals surface area contributed by atoms with E-state index in [0.717, 1.165) is 0 Å². The first kappa shape index (κ1) is 20.3. The van der Waals surface area contributed by atoms with Gasteiger partial charge in [-0.3, -0.25) is 14.5 Å². The molecule has 23 heavy (non-hydrogen) atoms. The van der Waals surface area contributed by atoms with Crippen LogP contribution in [0.15, 0.2) is 24.3 Å². The van der Waals surface area contributed by atoms with Crippen molar-refractivity contribution in [1.82, 2.24) is 4.90 Å². The maximum Gasteiger partial charge on any atom is 1.00 e. The molecule has 0 atom stereocenters. The van der Waals surface area contributed by atoms with Crippen LogP contribution in [0.4, 0.5) is 0 Å². The van der Waals surface area contributed by atoms with E-state index in [1.54, 1.807) is 24.3 Å². The number of nitrogens with zero attached hydrogens (tertiary/aromatic N) is 1. The van der Waals surface area contributed by atoms with E-state index in [9.17, 15) is 22.6 Å². The first-order chi connectivity index (χ1) is 10.4. The molecule has 120 valence electrons. The minimum Gasteiger partial charge on any atom is -0.748 e. The van der Waals surface area contributed by atoms with Crippen LogP contribution in [0.1, 0.15) is 33.6 Å². The fraction of sp³-hybridized carbons (Fsp3) is 0.429. The second-order valence-electron chi connectivity index (χ2n) is 4.89. The maximum atomic E-state index is 12.0. The zero-order chi connectivity index (χ0) is 16.2.